The molecule has 1 heterocycles. The van der Waals surface area contributed by atoms with Gasteiger partial charge in [-0.05, 0) is 47.4 Å². The van der Waals surface area contributed by atoms with E-state index in [1.165, 1.54) is 69.2 Å². The number of anilines is 6. The van der Waals surface area contributed by atoms with Gasteiger partial charge in [0.05, 0.1) is 0 Å². The van der Waals surface area contributed by atoms with Crippen LogP contribution in [0.5, 0.6) is 0 Å². The monoisotopic (exact) mass is 874 g/mol. The number of nitrogens with zero attached hydrogens (tertiary/aromatic N) is 2. The molecule has 9 aromatic rings. The fraction of sp³-hybridized carbons (Fsp3) is 0.123. The van der Waals surface area contributed by atoms with Crippen molar-refractivity contribution in [1.82, 2.24) is 0 Å². The van der Waals surface area contributed by atoms with Crippen LogP contribution in [0.3, 0.4) is 0 Å². The van der Waals surface area contributed by atoms with Crippen molar-refractivity contribution in [3.63, 3.8) is 0 Å². The van der Waals surface area contributed by atoms with Gasteiger partial charge in [-0.1, -0.05) is 78.9 Å². The average Bonchev–Trinajstić information content (AvgIpc) is 3.43. The summed E-state index contributed by atoms with van der Waals surface area (Å²) in [6.07, 6.45) is 15.9. The zero-order valence-electron chi connectivity index (χ0n) is 38.5. The summed E-state index contributed by atoms with van der Waals surface area (Å²) in [6.45, 7) is 2.24. The van der Waals surface area contributed by atoms with E-state index in [-0.39, 0.29) is 5.41 Å². The summed E-state index contributed by atoms with van der Waals surface area (Å²) in [7, 11) is 0. The van der Waals surface area contributed by atoms with Gasteiger partial charge < -0.3 is 4.90 Å². The molecular weight excluding hydrogens is 820 g/mol. The number of allylic oxidation sites excluding steroid dienone is 4. The Morgan fingerprint density at radius 2 is 0.779 bits per heavy atom. The van der Waals surface area contributed by atoms with Gasteiger partial charge in [0.1, 0.15) is 0 Å². The molecule has 1 saturated carbocycles. The average molecular weight is 875 g/mol. The number of rotatable bonds is 12. The van der Waals surface area contributed by atoms with E-state index in [4.69, 9.17) is 0 Å². The van der Waals surface area contributed by atoms with Gasteiger partial charge in [0.2, 0.25) is 0 Å². The van der Waals surface area contributed by atoms with E-state index < -0.39 is 0 Å². The van der Waals surface area contributed by atoms with Gasteiger partial charge in [-0.25, -0.2) is 0 Å². The molecule has 328 valence electrons. The fourth-order valence-corrected chi connectivity index (χ4v) is 10.7. The van der Waals surface area contributed by atoms with Crippen LogP contribution in [0.4, 0.5) is 34.1 Å². The van der Waals surface area contributed by atoms with Crippen LogP contribution in [0.1, 0.15) is 61.1 Å². The minimum atomic E-state index is -0.0689. The molecule has 2 aliphatic rings. The molecule has 1 unspecified atom stereocenters. The zero-order valence-corrected chi connectivity index (χ0v) is 38.5. The molecule has 3 heteroatoms. The Balaban J connectivity index is 0.928. The molecule has 1 atom stereocenters. The molecule has 0 saturated heterocycles. The molecule has 68 heavy (non-hydrogen) atoms. The van der Waals surface area contributed by atoms with E-state index in [1.54, 1.807) is 0 Å². The van der Waals surface area contributed by atoms with Crippen LogP contribution in [-0.4, -0.2) is 6.91 Å². The number of benzene rings is 8. The van der Waals surface area contributed by atoms with Crippen LogP contribution in [0.15, 0.2) is 255 Å². The Morgan fingerprint density at radius 3 is 1.22 bits per heavy atom. The molecule has 0 radical (unpaired) electrons. The number of hydrogen-bond donors (Lipinski definition) is 0. The molecule has 0 aliphatic heterocycles. The topological polar surface area (TPSA) is 6.48 Å². The van der Waals surface area contributed by atoms with Crippen molar-refractivity contribution in [1.29, 1.82) is 0 Å². The van der Waals surface area contributed by atoms with E-state index >= 15 is 0 Å². The third kappa shape index (κ3) is 8.93. The summed E-state index contributed by atoms with van der Waals surface area (Å²) in [5.41, 5.74) is 18.2. The molecule has 1 fully saturated rings. The third-order valence-corrected chi connectivity index (χ3v) is 14.3. The second kappa shape index (κ2) is 19.6. The van der Waals surface area contributed by atoms with Crippen LogP contribution >= 0.6 is 0 Å². The van der Waals surface area contributed by atoms with Crippen molar-refractivity contribution in [3.05, 3.63) is 271 Å². The Hall–Kier alpha value is -7.75. The maximum atomic E-state index is 2.42. The van der Waals surface area contributed by atoms with Gasteiger partial charge in [-0.2, -0.15) is 0 Å². The normalized spacial score (nSPS) is 15.1. The fourth-order valence-electron chi connectivity index (χ4n) is 10.7. The summed E-state index contributed by atoms with van der Waals surface area (Å²) in [6, 6.07) is 82.7. The van der Waals surface area contributed by atoms with Gasteiger partial charge in [0.15, 0.2) is 0 Å². The number of hydrogen-bond acceptors (Lipinski definition) is 2. The standard InChI is InChI=1S/C65H55BN2/c1-6-16-49(17-7-1)52-24-34-58(35-25-52)67(59-36-26-53(27-37-59)50-18-8-2-9-19-50)61-40-30-56(31-41-61)65(46-14-5-15-47-65)57-32-42-62(43-33-57)68(60-38-28-54(29-39-60)51-20-10-3-11-21-51)63-44-45-64(66-48-63)55-22-12-4-13-23-55/h1-4,6-13,16-18,20-45,48,50H,5,14-15,19,46-47H2. The van der Waals surface area contributed by atoms with Gasteiger partial charge >= 0.3 is 257 Å². The van der Waals surface area contributed by atoms with Crippen molar-refractivity contribution in [3.8, 4) is 33.3 Å². The molecular formula is C65H55BN2. The first-order chi connectivity index (χ1) is 33.7. The summed E-state index contributed by atoms with van der Waals surface area (Å²) in [4.78, 5) is 4.81. The second-order valence-electron chi connectivity index (χ2n) is 18.4. The van der Waals surface area contributed by atoms with Crippen molar-refractivity contribution >= 4 is 41.0 Å². The third-order valence-electron chi connectivity index (χ3n) is 14.3. The maximum absolute atomic E-state index is 2.42. The van der Waals surface area contributed by atoms with Crippen LogP contribution in [0.2, 0.25) is 0 Å². The van der Waals surface area contributed by atoms with Crippen LogP contribution < -0.4 is 9.80 Å². The predicted molar refractivity (Wildman–Crippen MR) is 289 cm³/mol. The van der Waals surface area contributed by atoms with Crippen molar-refractivity contribution in [2.24, 2.45) is 0 Å². The van der Waals surface area contributed by atoms with E-state index in [0.29, 0.717) is 5.92 Å². The van der Waals surface area contributed by atoms with Crippen LogP contribution in [-0.2, 0) is 5.41 Å². The molecule has 2 aliphatic carbocycles. The van der Waals surface area contributed by atoms with Gasteiger partial charge in [0.25, 0.3) is 0 Å². The summed E-state index contributed by atoms with van der Waals surface area (Å²) >= 11 is 0. The second-order valence-corrected chi connectivity index (χ2v) is 18.4. The summed E-state index contributed by atoms with van der Waals surface area (Å²) in [5, 5.41) is 0. The van der Waals surface area contributed by atoms with Crippen LogP contribution in [0.25, 0.3) is 33.3 Å². The first-order valence-electron chi connectivity index (χ1n) is 24.4. The van der Waals surface area contributed by atoms with Gasteiger partial charge in [0, 0.05) is 17.3 Å². The molecule has 1 aromatic heterocycles. The Kier molecular flexibility index (Phi) is 12.4. The van der Waals surface area contributed by atoms with E-state index in [0.717, 1.165) is 53.4 Å². The summed E-state index contributed by atoms with van der Waals surface area (Å²) in [5.74, 6) is 2.67. The minimum absolute atomic E-state index is 0.0689. The Bertz CT molecular complexity index is 3020. The van der Waals surface area contributed by atoms with E-state index in [1.807, 2.05) is 0 Å². The quantitative estimate of drug-likeness (QED) is 0.121. The first kappa shape index (κ1) is 42.9. The van der Waals surface area contributed by atoms with E-state index in [9.17, 15) is 0 Å². The van der Waals surface area contributed by atoms with Crippen molar-refractivity contribution < 1.29 is 0 Å². The Labute approximate surface area is 403 Å². The zero-order chi connectivity index (χ0) is 45.5. The van der Waals surface area contributed by atoms with Crippen molar-refractivity contribution in [2.45, 2.75) is 49.9 Å². The molecule has 0 bridgehead atoms. The van der Waals surface area contributed by atoms with Crippen molar-refractivity contribution in [2.75, 3.05) is 9.80 Å². The SMILES string of the molecule is b1cc(N(c2ccc(-c3ccccc3)cc2)c2ccc(C3(c4ccc(N(c5ccc(-c6ccccc6)cc5)c5ccc(C6C=CC=CC6)cc5)cc4)CCCCC3)cc2)ccc1-c1ccccc1. The van der Waals surface area contributed by atoms with Crippen LogP contribution in [0, 0.1) is 0 Å². The molecule has 0 spiro atoms. The van der Waals surface area contributed by atoms with Gasteiger partial charge in [-0.3, -0.25) is 0 Å². The predicted octanol–water partition coefficient (Wildman–Crippen LogP) is 17.8. The summed E-state index contributed by atoms with van der Waals surface area (Å²) < 4.78 is 0. The molecule has 8 aromatic carbocycles. The molecule has 0 amide bonds. The first-order valence-corrected chi connectivity index (χ1v) is 24.4. The van der Waals surface area contributed by atoms with E-state index in [2.05, 4.69) is 271 Å². The Morgan fingerprint density at radius 1 is 0.368 bits per heavy atom. The molecule has 0 N–H and O–H groups in total. The molecule has 11 rings (SSSR count). The molecule has 2 nitrogen and oxygen atoms in total. The van der Waals surface area contributed by atoms with Gasteiger partial charge in [-0.15, -0.1) is 0 Å².